The SMILES string of the molecule is C=C(C(=O)NC1CCCCC1)[C@H](C)CCC=C(C)C. The first-order valence-corrected chi connectivity index (χ1v) is 7.63. The molecule has 1 saturated carbocycles. The summed E-state index contributed by atoms with van der Waals surface area (Å²) in [5.41, 5.74) is 2.08. The van der Waals surface area contributed by atoms with Crippen LogP contribution in [-0.4, -0.2) is 11.9 Å². The molecule has 19 heavy (non-hydrogen) atoms. The van der Waals surface area contributed by atoms with Gasteiger partial charge in [-0.2, -0.15) is 0 Å². The predicted octanol–water partition coefficient (Wildman–Crippen LogP) is 4.37. The largest absolute Gasteiger partial charge is 0.350 e. The predicted molar refractivity (Wildman–Crippen MR) is 82.0 cm³/mol. The fraction of sp³-hybridized carbons (Fsp3) is 0.706. The van der Waals surface area contributed by atoms with Gasteiger partial charge in [0.05, 0.1) is 0 Å². The average molecular weight is 263 g/mol. The van der Waals surface area contributed by atoms with Crippen LogP contribution < -0.4 is 5.32 Å². The Bertz CT molecular complexity index is 333. The fourth-order valence-corrected chi connectivity index (χ4v) is 2.55. The van der Waals surface area contributed by atoms with Crippen LogP contribution in [-0.2, 0) is 4.79 Å². The molecule has 0 spiro atoms. The van der Waals surface area contributed by atoms with E-state index < -0.39 is 0 Å². The maximum atomic E-state index is 12.1. The minimum atomic E-state index is 0.0663. The number of hydrogen-bond acceptors (Lipinski definition) is 1. The summed E-state index contributed by atoms with van der Waals surface area (Å²) in [6.45, 7) is 10.3. The molecule has 0 heterocycles. The van der Waals surface area contributed by atoms with Crippen molar-refractivity contribution in [2.75, 3.05) is 0 Å². The molecule has 0 radical (unpaired) electrons. The molecule has 2 heteroatoms. The number of hydrogen-bond donors (Lipinski definition) is 1. The second kappa shape index (κ2) is 8.19. The molecule has 1 aliphatic carbocycles. The Morgan fingerprint density at radius 1 is 1.32 bits per heavy atom. The number of carbonyl (C=O) groups excluding carboxylic acids is 1. The minimum Gasteiger partial charge on any atom is -0.350 e. The maximum absolute atomic E-state index is 12.1. The first kappa shape index (κ1) is 16.0. The third kappa shape index (κ3) is 6.09. The van der Waals surface area contributed by atoms with Gasteiger partial charge in [-0.3, -0.25) is 4.79 Å². The number of amides is 1. The summed E-state index contributed by atoms with van der Waals surface area (Å²) in [4.78, 5) is 12.1. The van der Waals surface area contributed by atoms with Gasteiger partial charge in [0, 0.05) is 11.6 Å². The lowest BCUT2D eigenvalue weighted by atomic mass is 9.93. The Kier molecular flexibility index (Phi) is 6.90. The molecular formula is C17H29NO. The van der Waals surface area contributed by atoms with Crippen LogP contribution in [0, 0.1) is 5.92 Å². The van der Waals surface area contributed by atoms with Crippen molar-refractivity contribution in [2.24, 2.45) is 5.92 Å². The number of allylic oxidation sites excluding steroid dienone is 2. The topological polar surface area (TPSA) is 29.1 Å². The van der Waals surface area contributed by atoms with Crippen molar-refractivity contribution >= 4 is 5.91 Å². The van der Waals surface area contributed by atoms with E-state index in [4.69, 9.17) is 0 Å². The van der Waals surface area contributed by atoms with E-state index in [1.54, 1.807) is 0 Å². The molecule has 1 atom stereocenters. The van der Waals surface area contributed by atoms with Crippen LogP contribution in [0.15, 0.2) is 23.8 Å². The van der Waals surface area contributed by atoms with Gasteiger partial charge in [0.2, 0.25) is 5.91 Å². The summed E-state index contributed by atoms with van der Waals surface area (Å²) < 4.78 is 0. The Balaban J connectivity index is 2.33. The molecule has 0 aromatic rings. The van der Waals surface area contributed by atoms with Gasteiger partial charge in [0.1, 0.15) is 0 Å². The van der Waals surface area contributed by atoms with Gasteiger partial charge in [0.15, 0.2) is 0 Å². The van der Waals surface area contributed by atoms with Crippen molar-refractivity contribution in [3.05, 3.63) is 23.8 Å². The van der Waals surface area contributed by atoms with E-state index >= 15 is 0 Å². The summed E-state index contributed by atoms with van der Waals surface area (Å²) in [6, 6.07) is 0.378. The van der Waals surface area contributed by atoms with Crippen molar-refractivity contribution in [1.82, 2.24) is 5.32 Å². The molecule has 0 unspecified atom stereocenters. The molecule has 0 aliphatic heterocycles. The average Bonchev–Trinajstić information content (AvgIpc) is 2.38. The second-order valence-corrected chi connectivity index (χ2v) is 6.09. The van der Waals surface area contributed by atoms with Crippen molar-refractivity contribution in [3.8, 4) is 0 Å². The van der Waals surface area contributed by atoms with Gasteiger partial charge in [-0.05, 0) is 45.4 Å². The number of nitrogens with one attached hydrogen (secondary N) is 1. The highest BCUT2D eigenvalue weighted by Gasteiger charge is 2.19. The van der Waals surface area contributed by atoms with Gasteiger partial charge in [-0.1, -0.05) is 44.4 Å². The summed E-state index contributed by atoms with van der Waals surface area (Å²) in [5.74, 6) is 0.329. The summed E-state index contributed by atoms with van der Waals surface area (Å²) in [7, 11) is 0. The zero-order valence-electron chi connectivity index (χ0n) is 12.8. The van der Waals surface area contributed by atoms with E-state index in [-0.39, 0.29) is 11.8 Å². The van der Waals surface area contributed by atoms with Gasteiger partial charge in [-0.25, -0.2) is 0 Å². The fourth-order valence-electron chi connectivity index (χ4n) is 2.55. The van der Waals surface area contributed by atoms with E-state index in [9.17, 15) is 4.79 Å². The first-order valence-electron chi connectivity index (χ1n) is 7.63. The highest BCUT2D eigenvalue weighted by atomic mass is 16.1. The van der Waals surface area contributed by atoms with Crippen LogP contribution in [0.3, 0.4) is 0 Å². The van der Waals surface area contributed by atoms with E-state index in [1.807, 2.05) is 0 Å². The zero-order chi connectivity index (χ0) is 14.3. The zero-order valence-corrected chi connectivity index (χ0v) is 12.8. The summed E-state index contributed by atoms with van der Waals surface area (Å²) in [5, 5.41) is 3.14. The second-order valence-electron chi connectivity index (χ2n) is 6.09. The molecule has 2 nitrogen and oxygen atoms in total. The van der Waals surface area contributed by atoms with E-state index in [1.165, 1.54) is 24.8 Å². The molecule has 0 bridgehead atoms. The molecule has 1 N–H and O–H groups in total. The first-order chi connectivity index (χ1) is 9.00. The van der Waals surface area contributed by atoms with Gasteiger partial charge in [0.25, 0.3) is 0 Å². The smallest absolute Gasteiger partial charge is 0.247 e. The highest BCUT2D eigenvalue weighted by molar-refractivity contribution is 5.93. The molecule has 1 fully saturated rings. The highest BCUT2D eigenvalue weighted by Crippen LogP contribution is 2.20. The summed E-state index contributed by atoms with van der Waals surface area (Å²) >= 11 is 0. The van der Waals surface area contributed by atoms with E-state index in [2.05, 4.69) is 38.7 Å². The molecular weight excluding hydrogens is 234 g/mol. The molecule has 0 saturated heterocycles. The summed E-state index contributed by atoms with van der Waals surface area (Å²) in [6.07, 6.45) is 10.3. The normalized spacial score (nSPS) is 17.6. The lowest BCUT2D eigenvalue weighted by molar-refractivity contribution is -0.118. The van der Waals surface area contributed by atoms with Crippen LogP contribution in [0.1, 0.15) is 65.7 Å². The third-order valence-corrected chi connectivity index (χ3v) is 3.98. The van der Waals surface area contributed by atoms with E-state index in [0.29, 0.717) is 6.04 Å². The third-order valence-electron chi connectivity index (χ3n) is 3.98. The standard InChI is InChI=1S/C17H29NO/c1-13(2)9-8-10-14(3)15(4)17(19)18-16-11-6-5-7-12-16/h9,14,16H,4-8,10-12H2,1-3H3,(H,18,19)/t14-/m1/s1. The quantitative estimate of drug-likeness (QED) is 0.559. The van der Waals surface area contributed by atoms with Crippen LogP contribution in [0.25, 0.3) is 0 Å². The Morgan fingerprint density at radius 2 is 1.95 bits per heavy atom. The minimum absolute atomic E-state index is 0.0663. The molecule has 1 rings (SSSR count). The van der Waals surface area contributed by atoms with Crippen molar-refractivity contribution in [2.45, 2.75) is 71.8 Å². The maximum Gasteiger partial charge on any atom is 0.247 e. The van der Waals surface area contributed by atoms with Crippen molar-refractivity contribution in [3.63, 3.8) is 0 Å². The monoisotopic (exact) mass is 263 g/mol. The van der Waals surface area contributed by atoms with Crippen molar-refractivity contribution in [1.29, 1.82) is 0 Å². The lowest BCUT2D eigenvalue weighted by Crippen LogP contribution is -2.37. The van der Waals surface area contributed by atoms with Gasteiger partial charge >= 0.3 is 0 Å². The van der Waals surface area contributed by atoms with Crippen LogP contribution in [0.5, 0.6) is 0 Å². The van der Waals surface area contributed by atoms with Crippen molar-refractivity contribution < 1.29 is 4.79 Å². The molecule has 1 amide bonds. The van der Waals surface area contributed by atoms with Gasteiger partial charge in [-0.15, -0.1) is 0 Å². The lowest BCUT2D eigenvalue weighted by Gasteiger charge is -2.24. The molecule has 0 aromatic carbocycles. The number of rotatable bonds is 6. The molecule has 0 aromatic heterocycles. The van der Waals surface area contributed by atoms with E-state index in [0.717, 1.165) is 31.3 Å². The Morgan fingerprint density at radius 3 is 2.53 bits per heavy atom. The Hall–Kier alpha value is -1.05. The van der Waals surface area contributed by atoms with Crippen LogP contribution >= 0.6 is 0 Å². The number of carbonyl (C=O) groups is 1. The molecule has 108 valence electrons. The molecule has 1 aliphatic rings. The Labute approximate surface area is 118 Å². The van der Waals surface area contributed by atoms with Crippen LogP contribution in [0.2, 0.25) is 0 Å². The van der Waals surface area contributed by atoms with Gasteiger partial charge < -0.3 is 5.32 Å². The van der Waals surface area contributed by atoms with Crippen LogP contribution in [0.4, 0.5) is 0 Å².